The lowest BCUT2D eigenvalue weighted by molar-refractivity contribution is -0.128. The number of carbonyl (C=O) groups excluding carboxylic acids is 1. The molecule has 0 unspecified atom stereocenters. The van der Waals surface area contributed by atoms with Crippen molar-refractivity contribution >= 4 is 34.8 Å². The van der Waals surface area contributed by atoms with Gasteiger partial charge in [0.2, 0.25) is 5.91 Å². The van der Waals surface area contributed by atoms with Crippen LogP contribution in [0.2, 0.25) is 10.0 Å². The lowest BCUT2D eigenvalue weighted by Gasteiger charge is -2.37. The molecule has 1 amide bonds. The summed E-state index contributed by atoms with van der Waals surface area (Å²) in [5.41, 5.74) is 1.12. The van der Waals surface area contributed by atoms with Gasteiger partial charge in [-0.2, -0.15) is 0 Å². The summed E-state index contributed by atoms with van der Waals surface area (Å²) in [7, 11) is 1.67. The summed E-state index contributed by atoms with van der Waals surface area (Å²) in [4.78, 5) is 18.8. The van der Waals surface area contributed by atoms with Gasteiger partial charge in [0.05, 0.1) is 16.7 Å². The Labute approximate surface area is 159 Å². The minimum absolute atomic E-state index is 0.261. The molecule has 2 heterocycles. The van der Waals surface area contributed by atoms with Crippen molar-refractivity contribution in [3.63, 3.8) is 0 Å². The van der Waals surface area contributed by atoms with Crippen LogP contribution in [0.1, 0.15) is 6.42 Å². The van der Waals surface area contributed by atoms with Gasteiger partial charge in [0, 0.05) is 65.0 Å². The molecular weight excluding hydrogens is 361 g/mol. The summed E-state index contributed by atoms with van der Waals surface area (Å²) in [5, 5.41) is 1.19. The predicted molar refractivity (Wildman–Crippen MR) is 102 cm³/mol. The van der Waals surface area contributed by atoms with E-state index in [1.54, 1.807) is 7.11 Å². The molecular formula is C18H25Cl2N3O2. The summed E-state index contributed by atoms with van der Waals surface area (Å²) >= 11 is 12.1. The Kier molecular flexibility index (Phi) is 6.44. The van der Waals surface area contributed by atoms with Crippen molar-refractivity contribution in [3.8, 4) is 0 Å². The minimum Gasteiger partial charge on any atom is -0.383 e. The lowest BCUT2D eigenvalue weighted by atomic mass is 10.1. The number of piperazine rings is 1. The first-order chi connectivity index (χ1) is 12.1. The van der Waals surface area contributed by atoms with Crippen LogP contribution < -0.4 is 4.90 Å². The van der Waals surface area contributed by atoms with E-state index < -0.39 is 0 Å². The molecule has 7 heteroatoms. The highest BCUT2D eigenvalue weighted by molar-refractivity contribution is 6.42. The van der Waals surface area contributed by atoms with E-state index in [4.69, 9.17) is 27.9 Å². The Hall–Kier alpha value is -1.01. The van der Waals surface area contributed by atoms with Crippen molar-refractivity contribution < 1.29 is 9.53 Å². The van der Waals surface area contributed by atoms with Gasteiger partial charge in [0.1, 0.15) is 0 Å². The quantitative estimate of drug-likeness (QED) is 0.753. The van der Waals surface area contributed by atoms with Crippen LogP contribution >= 0.6 is 23.2 Å². The number of likely N-dealkylation sites (tertiary alicyclic amines) is 1. The number of hydrogen-bond donors (Lipinski definition) is 0. The number of benzene rings is 1. The molecule has 1 aromatic carbocycles. The number of ether oxygens (including phenoxy) is 1. The second kappa shape index (κ2) is 8.58. The molecule has 0 N–H and O–H groups in total. The molecule has 1 atom stereocenters. The van der Waals surface area contributed by atoms with Gasteiger partial charge in [-0.05, 0) is 24.1 Å². The van der Waals surface area contributed by atoms with Crippen LogP contribution in [-0.4, -0.2) is 75.2 Å². The normalized spacial score (nSPS) is 22.0. The third kappa shape index (κ3) is 4.79. The SMILES string of the molecule is COCCN1C[C@H](CN2CCN(c3ccc(Cl)c(Cl)c3)CC2)CC1=O. The number of anilines is 1. The molecule has 2 aliphatic rings. The van der Waals surface area contributed by atoms with Crippen molar-refractivity contribution in [1.82, 2.24) is 9.80 Å². The molecule has 2 saturated heterocycles. The molecule has 0 saturated carbocycles. The van der Waals surface area contributed by atoms with Gasteiger partial charge in [0.25, 0.3) is 0 Å². The van der Waals surface area contributed by atoms with Crippen molar-refractivity contribution in [2.75, 3.05) is 64.4 Å². The average molecular weight is 386 g/mol. The van der Waals surface area contributed by atoms with Crippen molar-refractivity contribution in [2.24, 2.45) is 5.92 Å². The van der Waals surface area contributed by atoms with Crippen molar-refractivity contribution in [3.05, 3.63) is 28.2 Å². The summed E-state index contributed by atoms with van der Waals surface area (Å²) in [5.74, 6) is 0.692. The van der Waals surface area contributed by atoms with Gasteiger partial charge < -0.3 is 14.5 Å². The van der Waals surface area contributed by atoms with Gasteiger partial charge in [-0.3, -0.25) is 9.69 Å². The summed E-state index contributed by atoms with van der Waals surface area (Å²) in [6, 6.07) is 5.81. The number of amides is 1. The first-order valence-electron chi connectivity index (χ1n) is 8.76. The Bertz CT molecular complexity index is 606. The van der Waals surface area contributed by atoms with E-state index in [-0.39, 0.29) is 5.91 Å². The van der Waals surface area contributed by atoms with Crippen LogP contribution in [0.3, 0.4) is 0 Å². The highest BCUT2D eigenvalue weighted by Gasteiger charge is 2.31. The highest BCUT2D eigenvalue weighted by Crippen LogP contribution is 2.28. The molecule has 138 valence electrons. The maximum Gasteiger partial charge on any atom is 0.223 e. The lowest BCUT2D eigenvalue weighted by Crippen LogP contribution is -2.48. The zero-order valence-corrected chi connectivity index (χ0v) is 16.1. The third-order valence-electron chi connectivity index (χ3n) is 5.02. The Morgan fingerprint density at radius 1 is 1.16 bits per heavy atom. The highest BCUT2D eigenvalue weighted by atomic mass is 35.5. The van der Waals surface area contributed by atoms with E-state index in [2.05, 4.69) is 9.80 Å². The van der Waals surface area contributed by atoms with Crippen molar-refractivity contribution in [2.45, 2.75) is 6.42 Å². The Balaban J connectivity index is 1.46. The van der Waals surface area contributed by atoms with Gasteiger partial charge in [-0.15, -0.1) is 0 Å². The standard InChI is InChI=1S/C18H25Cl2N3O2/c1-25-9-8-23-13-14(10-18(23)24)12-21-4-6-22(7-5-21)15-2-3-16(19)17(20)11-15/h2-3,11,14H,4-10,12-13H2,1H3/t14-/m0/s1. The third-order valence-corrected chi connectivity index (χ3v) is 5.76. The van der Waals surface area contributed by atoms with Crippen LogP contribution in [0.25, 0.3) is 0 Å². The molecule has 25 heavy (non-hydrogen) atoms. The van der Waals surface area contributed by atoms with Gasteiger partial charge >= 0.3 is 0 Å². The smallest absolute Gasteiger partial charge is 0.223 e. The van der Waals surface area contributed by atoms with E-state index in [9.17, 15) is 4.79 Å². The van der Waals surface area contributed by atoms with Crippen LogP contribution in [-0.2, 0) is 9.53 Å². The van der Waals surface area contributed by atoms with Crippen LogP contribution in [0.5, 0.6) is 0 Å². The molecule has 5 nitrogen and oxygen atoms in total. The summed E-state index contributed by atoms with van der Waals surface area (Å²) < 4.78 is 5.08. The fraction of sp³-hybridized carbons (Fsp3) is 0.611. The zero-order chi connectivity index (χ0) is 17.8. The molecule has 3 rings (SSSR count). The zero-order valence-electron chi connectivity index (χ0n) is 14.6. The minimum atomic E-state index is 0.261. The van der Waals surface area contributed by atoms with E-state index >= 15 is 0 Å². The maximum absolute atomic E-state index is 12.0. The molecule has 2 fully saturated rings. The summed E-state index contributed by atoms with van der Waals surface area (Å²) in [6.07, 6.45) is 0.663. The number of hydrogen-bond acceptors (Lipinski definition) is 4. The number of rotatable bonds is 6. The number of nitrogens with zero attached hydrogens (tertiary/aromatic N) is 3. The maximum atomic E-state index is 12.0. The molecule has 1 aromatic rings. The van der Waals surface area contributed by atoms with Crippen LogP contribution in [0.4, 0.5) is 5.69 Å². The molecule has 0 aromatic heterocycles. The Morgan fingerprint density at radius 3 is 2.60 bits per heavy atom. The summed E-state index contributed by atoms with van der Waals surface area (Å²) in [6.45, 7) is 7.10. The van der Waals surface area contributed by atoms with Crippen LogP contribution in [0, 0.1) is 5.92 Å². The Morgan fingerprint density at radius 2 is 1.92 bits per heavy atom. The topological polar surface area (TPSA) is 36.0 Å². The first kappa shape index (κ1) is 18.8. The fourth-order valence-electron chi connectivity index (χ4n) is 3.63. The number of carbonyl (C=O) groups is 1. The monoisotopic (exact) mass is 385 g/mol. The molecule has 2 aliphatic heterocycles. The van der Waals surface area contributed by atoms with Crippen molar-refractivity contribution in [1.29, 1.82) is 0 Å². The van der Waals surface area contributed by atoms with Gasteiger partial charge in [0.15, 0.2) is 0 Å². The van der Waals surface area contributed by atoms with E-state index in [0.717, 1.165) is 45.0 Å². The number of halogens is 2. The molecule has 0 bridgehead atoms. The number of methoxy groups -OCH3 is 1. The van der Waals surface area contributed by atoms with E-state index in [0.29, 0.717) is 35.5 Å². The van der Waals surface area contributed by atoms with Gasteiger partial charge in [-0.1, -0.05) is 23.2 Å². The molecule has 0 radical (unpaired) electrons. The first-order valence-corrected chi connectivity index (χ1v) is 9.51. The fourth-order valence-corrected chi connectivity index (χ4v) is 3.92. The second-order valence-electron chi connectivity index (χ2n) is 6.79. The van der Waals surface area contributed by atoms with Crippen LogP contribution in [0.15, 0.2) is 18.2 Å². The largest absolute Gasteiger partial charge is 0.383 e. The van der Waals surface area contributed by atoms with Gasteiger partial charge in [-0.25, -0.2) is 0 Å². The van der Waals surface area contributed by atoms with E-state index in [1.807, 2.05) is 23.1 Å². The second-order valence-corrected chi connectivity index (χ2v) is 7.60. The molecule has 0 spiro atoms. The molecule has 0 aliphatic carbocycles. The predicted octanol–water partition coefficient (Wildman–Crippen LogP) is 2.61. The van der Waals surface area contributed by atoms with E-state index in [1.165, 1.54) is 0 Å². The average Bonchev–Trinajstić information content (AvgIpc) is 2.95.